The van der Waals surface area contributed by atoms with Crippen LogP contribution in [-0.2, 0) is 11.2 Å². The molecule has 1 aromatic carbocycles. The quantitative estimate of drug-likeness (QED) is 0.782. The lowest BCUT2D eigenvalue weighted by Gasteiger charge is -2.13. The highest BCUT2D eigenvalue weighted by Crippen LogP contribution is 2.18. The van der Waals surface area contributed by atoms with Gasteiger partial charge in [0.2, 0.25) is 5.91 Å². The number of benzene rings is 1. The number of amides is 1. The number of aryl methyl sites for hydroxylation is 1. The SMILES string of the molecule is CCN(C)C(=O)CCc1nnc(-c2ccc(OCC(C)C)cc2)[nH]c1=O. The maximum Gasteiger partial charge on any atom is 0.273 e. The molecule has 1 heterocycles. The summed E-state index contributed by atoms with van der Waals surface area (Å²) in [6.07, 6.45) is 0.511. The molecule has 0 aliphatic rings. The van der Waals surface area contributed by atoms with E-state index in [1.807, 2.05) is 31.2 Å². The lowest BCUT2D eigenvalue weighted by atomic mass is 10.2. The molecule has 1 aromatic heterocycles. The lowest BCUT2D eigenvalue weighted by molar-refractivity contribution is -0.129. The van der Waals surface area contributed by atoms with Gasteiger partial charge < -0.3 is 14.6 Å². The first-order valence-corrected chi connectivity index (χ1v) is 8.83. The topological polar surface area (TPSA) is 88.2 Å². The normalized spacial score (nSPS) is 10.8. The molecule has 0 fully saturated rings. The van der Waals surface area contributed by atoms with E-state index in [-0.39, 0.29) is 30.0 Å². The van der Waals surface area contributed by atoms with Crippen LogP contribution in [0.4, 0.5) is 0 Å². The Morgan fingerprint density at radius 2 is 1.92 bits per heavy atom. The molecule has 2 aromatic rings. The molecule has 0 spiro atoms. The van der Waals surface area contributed by atoms with Crippen molar-refractivity contribution in [1.29, 1.82) is 0 Å². The fraction of sp³-hybridized carbons (Fsp3) is 0.474. The average Bonchev–Trinajstić information content (AvgIpc) is 2.64. The Hall–Kier alpha value is -2.70. The second kappa shape index (κ2) is 9.12. The van der Waals surface area contributed by atoms with Crippen molar-refractivity contribution in [2.24, 2.45) is 5.92 Å². The van der Waals surface area contributed by atoms with E-state index in [4.69, 9.17) is 4.74 Å². The van der Waals surface area contributed by atoms with Gasteiger partial charge in [0, 0.05) is 32.0 Å². The van der Waals surface area contributed by atoms with Crippen molar-refractivity contribution in [3.8, 4) is 17.1 Å². The van der Waals surface area contributed by atoms with E-state index in [1.165, 1.54) is 0 Å². The maximum atomic E-state index is 12.2. The third-order valence-electron chi connectivity index (χ3n) is 3.95. The summed E-state index contributed by atoms with van der Waals surface area (Å²) in [6, 6.07) is 7.33. The Labute approximate surface area is 153 Å². The monoisotopic (exact) mass is 358 g/mol. The molecule has 0 unspecified atom stereocenters. The summed E-state index contributed by atoms with van der Waals surface area (Å²) in [4.78, 5) is 28.4. The molecule has 7 heteroatoms. The number of hydrogen-bond acceptors (Lipinski definition) is 5. The van der Waals surface area contributed by atoms with Gasteiger partial charge in [-0.3, -0.25) is 9.59 Å². The molecular formula is C19H26N4O3. The van der Waals surface area contributed by atoms with Crippen LogP contribution in [0.1, 0.15) is 32.9 Å². The first-order valence-electron chi connectivity index (χ1n) is 8.83. The fourth-order valence-corrected chi connectivity index (χ4v) is 2.22. The number of H-pyrrole nitrogens is 1. The number of aromatic amines is 1. The molecule has 2 rings (SSSR count). The van der Waals surface area contributed by atoms with Crippen LogP contribution >= 0.6 is 0 Å². The molecule has 0 radical (unpaired) electrons. The molecule has 7 nitrogen and oxygen atoms in total. The molecule has 140 valence electrons. The fourth-order valence-electron chi connectivity index (χ4n) is 2.22. The highest BCUT2D eigenvalue weighted by atomic mass is 16.5. The summed E-state index contributed by atoms with van der Waals surface area (Å²) in [5.41, 5.74) is 0.699. The van der Waals surface area contributed by atoms with Crippen LogP contribution in [-0.4, -0.2) is 46.2 Å². The second-order valence-electron chi connectivity index (χ2n) is 6.59. The predicted octanol–water partition coefficient (Wildman–Crippen LogP) is 2.28. The Balaban J connectivity index is 2.04. The third-order valence-corrected chi connectivity index (χ3v) is 3.95. The first-order chi connectivity index (χ1) is 12.4. The number of rotatable bonds is 8. The lowest BCUT2D eigenvalue weighted by Crippen LogP contribution is -2.27. The smallest absolute Gasteiger partial charge is 0.273 e. The van der Waals surface area contributed by atoms with Gasteiger partial charge in [-0.2, -0.15) is 0 Å². The molecule has 0 atom stereocenters. The van der Waals surface area contributed by atoms with Gasteiger partial charge in [-0.1, -0.05) is 13.8 Å². The van der Waals surface area contributed by atoms with Crippen molar-refractivity contribution in [3.63, 3.8) is 0 Å². The number of nitrogens with one attached hydrogen (secondary N) is 1. The number of hydrogen-bond donors (Lipinski definition) is 1. The number of nitrogens with zero attached hydrogens (tertiary/aromatic N) is 3. The minimum absolute atomic E-state index is 0.0187. The molecule has 1 amide bonds. The molecule has 1 N–H and O–H groups in total. The zero-order chi connectivity index (χ0) is 19.1. The summed E-state index contributed by atoms with van der Waals surface area (Å²) >= 11 is 0. The van der Waals surface area contributed by atoms with E-state index < -0.39 is 0 Å². The van der Waals surface area contributed by atoms with Gasteiger partial charge in [0.15, 0.2) is 5.82 Å². The number of carbonyl (C=O) groups excluding carboxylic acids is 1. The minimum atomic E-state index is -0.318. The number of carbonyl (C=O) groups is 1. The van der Waals surface area contributed by atoms with Gasteiger partial charge in [0.1, 0.15) is 11.4 Å². The summed E-state index contributed by atoms with van der Waals surface area (Å²) in [7, 11) is 1.73. The Morgan fingerprint density at radius 3 is 2.50 bits per heavy atom. The Kier molecular flexibility index (Phi) is 6.89. The van der Waals surface area contributed by atoms with Gasteiger partial charge in [-0.15, -0.1) is 10.2 Å². The van der Waals surface area contributed by atoms with Crippen LogP contribution in [0.5, 0.6) is 5.75 Å². The Morgan fingerprint density at radius 1 is 1.23 bits per heavy atom. The van der Waals surface area contributed by atoms with Crippen molar-refractivity contribution in [1.82, 2.24) is 20.1 Å². The third kappa shape index (κ3) is 5.40. The largest absolute Gasteiger partial charge is 0.493 e. The molecule has 0 saturated carbocycles. The highest BCUT2D eigenvalue weighted by Gasteiger charge is 2.11. The first kappa shape index (κ1) is 19.6. The number of ether oxygens (including phenoxy) is 1. The molecule has 0 saturated heterocycles. The van der Waals surface area contributed by atoms with E-state index in [2.05, 4.69) is 29.0 Å². The minimum Gasteiger partial charge on any atom is -0.493 e. The molecule has 0 aliphatic carbocycles. The molecule has 26 heavy (non-hydrogen) atoms. The summed E-state index contributed by atoms with van der Waals surface area (Å²) in [6.45, 7) is 7.36. The van der Waals surface area contributed by atoms with Crippen molar-refractivity contribution in [3.05, 3.63) is 40.3 Å². The van der Waals surface area contributed by atoms with Crippen LogP contribution in [0.25, 0.3) is 11.4 Å². The summed E-state index contributed by atoms with van der Waals surface area (Å²) in [5.74, 6) is 1.60. The standard InChI is InChI=1S/C19H26N4O3/c1-5-23(4)17(24)11-10-16-19(25)20-18(22-21-16)14-6-8-15(9-7-14)26-12-13(2)3/h6-9,13H,5,10-12H2,1-4H3,(H,20,22,25). The van der Waals surface area contributed by atoms with E-state index in [0.29, 0.717) is 24.9 Å². The van der Waals surface area contributed by atoms with Crippen molar-refractivity contribution >= 4 is 5.91 Å². The van der Waals surface area contributed by atoms with Gasteiger partial charge in [-0.25, -0.2) is 0 Å². The maximum absolute atomic E-state index is 12.2. The molecule has 0 bridgehead atoms. The van der Waals surface area contributed by atoms with Crippen LogP contribution in [0, 0.1) is 5.92 Å². The summed E-state index contributed by atoms with van der Waals surface area (Å²) < 4.78 is 5.64. The predicted molar refractivity (Wildman–Crippen MR) is 100 cm³/mol. The van der Waals surface area contributed by atoms with Crippen molar-refractivity contribution in [2.45, 2.75) is 33.6 Å². The average molecular weight is 358 g/mol. The molecule has 0 aliphatic heterocycles. The highest BCUT2D eigenvalue weighted by molar-refractivity contribution is 5.76. The number of aromatic nitrogens is 3. The van der Waals surface area contributed by atoms with Gasteiger partial charge >= 0.3 is 0 Å². The van der Waals surface area contributed by atoms with E-state index in [9.17, 15) is 9.59 Å². The second-order valence-corrected chi connectivity index (χ2v) is 6.59. The van der Waals surface area contributed by atoms with Crippen molar-refractivity contribution < 1.29 is 9.53 Å². The molecular weight excluding hydrogens is 332 g/mol. The zero-order valence-corrected chi connectivity index (χ0v) is 15.8. The van der Waals surface area contributed by atoms with Gasteiger partial charge in [0.05, 0.1) is 6.61 Å². The van der Waals surface area contributed by atoms with Crippen LogP contribution in [0.15, 0.2) is 29.1 Å². The summed E-state index contributed by atoms with van der Waals surface area (Å²) in [5, 5.41) is 8.08. The zero-order valence-electron chi connectivity index (χ0n) is 15.8. The van der Waals surface area contributed by atoms with Crippen LogP contribution in [0.3, 0.4) is 0 Å². The van der Waals surface area contributed by atoms with Crippen molar-refractivity contribution in [2.75, 3.05) is 20.2 Å². The van der Waals surface area contributed by atoms with Gasteiger partial charge in [-0.05, 0) is 37.1 Å². The Bertz CT molecular complexity index is 784. The van der Waals surface area contributed by atoms with E-state index in [1.54, 1.807) is 11.9 Å². The van der Waals surface area contributed by atoms with E-state index >= 15 is 0 Å². The van der Waals surface area contributed by atoms with E-state index in [0.717, 1.165) is 11.3 Å². The van der Waals surface area contributed by atoms with Crippen LogP contribution < -0.4 is 10.3 Å². The van der Waals surface area contributed by atoms with Gasteiger partial charge in [0.25, 0.3) is 5.56 Å². The van der Waals surface area contributed by atoms with Crippen LogP contribution in [0.2, 0.25) is 0 Å².